The van der Waals surface area contributed by atoms with Gasteiger partial charge in [0.15, 0.2) is 5.82 Å². The van der Waals surface area contributed by atoms with Crippen molar-refractivity contribution in [3.05, 3.63) is 70.8 Å². The summed E-state index contributed by atoms with van der Waals surface area (Å²) in [6.45, 7) is 4.38. The van der Waals surface area contributed by atoms with Crippen LogP contribution < -0.4 is 15.4 Å². The molecule has 1 fully saturated rings. The molecule has 1 saturated heterocycles. The first-order valence-electron chi connectivity index (χ1n) is 11.6. The zero-order valence-corrected chi connectivity index (χ0v) is 19.8. The molecule has 0 saturated carbocycles. The number of ether oxygens (including phenoxy) is 2. The minimum Gasteiger partial charge on any atom is -0.496 e. The first-order chi connectivity index (χ1) is 16.9. The molecular formula is C26H29F3N4O2. The lowest BCUT2D eigenvalue weighted by Crippen LogP contribution is -2.39. The summed E-state index contributed by atoms with van der Waals surface area (Å²) >= 11 is 0. The van der Waals surface area contributed by atoms with Crippen molar-refractivity contribution in [2.45, 2.75) is 45.2 Å². The standard InChI is InChI=1S/C26H29F3N4O2/c1-17-22(16-35-15-18-7-4-3-5-8-18)25(31-20-9-6-12-30-14-20)33-32-24(17)21-11-10-19(26(27,28)29)13-23(21)34-2/h3-5,7-8,10-11,13,20,30H,6,9,12,14-16H2,1-2H3,(H,31,33). The number of nitrogens with zero attached hydrogens (tertiary/aromatic N) is 2. The van der Waals surface area contributed by atoms with Crippen molar-refractivity contribution >= 4 is 5.82 Å². The Labute approximate surface area is 202 Å². The van der Waals surface area contributed by atoms with Crippen LogP contribution in [0.4, 0.5) is 19.0 Å². The minimum absolute atomic E-state index is 0.0885. The van der Waals surface area contributed by atoms with E-state index in [9.17, 15) is 13.2 Å². The van der Waals surface area contributed by atoms with Gasteiger partial charge in [-0.3, -0.25) is 0 Å². The molecule has 2 heterocycles. The van der Waals surface area contributed by atoms with Crippen molar-refractivity contribution in [2.24, 2.45) is 0 Å². The number of rotatable bonds is 8. The second-order valence-electron chi connectivity index (χ2n) is 8.58. The number of anilines is 1. The summed E-state index contributed by atoms with van der Waals surface area (Å²) in [6, 6.07) is 13.4. The van der Waals surface area contributed by atoms with Crippen molar-refractivity contribution in [1.29, 1.82) is 0 Å². The maximum absolute atomic E-state index is 13.2. The quantitative estimate of drug-likeness (QED) is 0.447. The number of nitrogens with one attached hydrogen (secondary N) is 2. The lowest BCUT2D eigenvalue weighted by atomic mass is 10.00. The van der Waals surface area contributed by atoms with Crippen LogP contribution in [-0.2, 0) is 24.1 Å². The van der Waals surface area contributed by atoms with Crippen LogP contribution in [0.1, 0.15) is 35.1 Å². The van der Waals surface area contributed by atoms with Gasteiger partial charge in [-0.25, -0.2) is 0 Å². The third-order valence-corrected chi connectivity index (χ3v) is 6.12. The summed E-state index contributed by atoms with van der Waals surface area (Å²) in [7, 11) is 1.34. The Hall–Kier alpha value is -3.17. The van der Waals surface area contributed by atoms with Gasteiger partial charge in [-0.1, -0.05) is 30.3 Å². The molecule has 0 amide bonds. The van der Waals surface area contributed by atoms with Gasteiger partial charge in [0.2, 0.25) is 0 Å². The molecule has 1 aliphatic rings. The molecule has 4 rings (SSSR count). The second-order valence-corrected chi connectivity index (χ2v) is 8.58. The van der Waals surface area contributed by atoms with Gasteiger partial charge in [0.25, 0.3) is 0 Å². The summed E-state index contributed by atoms with van der Waals surface area (Å²) in [6.07, 6.45) is -2.40. The van der Waals surface area contributed by atoms with Gasteiger partial charge < -0.3 is 20.1 Å². The van der Waals surface area contributed by atoms with E-state index in [1.54, 1.807) is 0 Å². The minimum atomic E-state index is -4.47. The smallest absolute Gasteiger partial charge is 0.416 e. The lowest BCUT2D eigenvalue weighted by molar-refractivity contribution is -0.137. The average Bonchev–Trinajstić information content (AvgIpc) is 2.86. The molecule has 2 N–H and O–H groups in total. The van der Waals surface area contributed by atoms with Crippen molar-refractivity contribution in [3.8, 4) is 17.0 Å². The number of alkyl halides is 3. The highest BCUT2D eigenvalue weighted by Crippen LogP contribution is 2.38. The predicted octanol–water partition coefficient (Wildman–Crippen LogP) is 5.36. The SMILES string of the molecule is COc1cc(C(F)(F)F)ccc1-c1nnc(NC2CCCNC2)c(COCc2ccccc2)c1C. The van der Waals surface area contributed by atoms with Crippen LogP contribution in [0.15, 0.2) is 48.5 Å². The number of piperidine rings is 1. The zero-order valence-electron chi connectivity index (χ0n) is 19.8. The third kappa shape index (κ3) is 6.10. The van der Waals surface area contributed by atoms with Crippen molar-refractivity contribution in [2.75, 3.05) is 25.5 Å². The van der Waals surface area contributed by atoms with Crippen LogP contribution in [0.2, 0.25) is 0 Å². The van der Waals surface area contributed by atoms with Crippen LogP contribution in [0, 0.1) is 6.92 Å². The van der Waals surface area contributed by atoms with Crippen LogP contribution in [0.5, 0.6) is 5.75 Å². The monoisotopic (exact) mass is 486 g/mol. The highest BCUT2D eigenvalue weighted by atomic mass is 19.4. The maximum atomic E-state index is 13.2. The fraction of sp³-hybridized carbons (Fsp3) is 0.385. The van der Waals surface area contributed by atoms with Gasteiger partial charge in [-0.2, -0.15) is 13.2 Å². The summed E-state index contributed by atoms with van der Waals surface area (Å²) in [5, 5.41) is 15.7. The topological polar surface area (TPSA) is 68.3 Å². The Kier molecular flexibility index (Phi) is 7.87. The van der Waals surface area contributed by atoms with Gasteiger partial charge in [0.1, 0.15) is 11.4 Å². The van der Waals surface area contributed by atoms with Crippen molar-refractivity contribution in [3.63, 3.8) is 0 Å². The molecule has 0 aliphatic carbocycles. The number of aromatic nitrogens is 2. The van der Waals surface area contributed by atoms with Gasteiger partial charge in [0, 0.05) is 23.7 Å². The van der Waals surface area contributed by atoms with E-state index in [0.717, 1.165) is 54.8 Å². The van der Waals surface area contributed by atoms with E-state index < -0.39 is 11.7 Å². The Morgan fingerprint density at radius 1 is 1.09 bits per heavy atom. The summed E-state index contributed by atoms with van der Waals surface area (Å²) in [5.41, 5.74) is 2.76. The fourth-order valence-electron chi connectivity index (χ4n) is 4.18. The fourth-order valence-corrected chi connectivity index (χ4v) is 4.18. The number of methoxy groups -OCH3 is 1. The summed E-state index contributed by atoms with van der Waals surface area (Å²) < 4.78 is 51.0. The molecule has 1 unspecified atom stereocenters. The Morgan fingerprint density at radius 3 is 2.57 bits per heavy atom. The Balaban J connectivity index is 1.67. The van der Waals surface area contributed by atoms with E-state index in [4.69, 9.17) is 9.47 Å². The molecule has 6 nitrogen and oxygen atoms in total. The molecule has 2 aromatic carbocycles. The zero-order chi connectivity index (χ0) is 24.8. The van der Waals surface area contributed by atoms with E-state index in [0.29, 0.717) is 23.7 Å². The van der Waals surface area contributed by atoms with E-state index in [2.05, 4.69) is 20.8 Å². The highest BCUT2D eigenvalue weighted by Gasteiger charge is 2.32. The summed E-state index contributed by atoms with van der Waals surface area (Å²) in [5.74, 6) is 0.712. The summed E-state index contributed by atoms with van der Waals surface area (Å²) in [4.78, 5) is 0. The molecular weight excluding hydrogens is 457 g/mol. The first-order valence-corrected chi connectivity index (χ1v) is 11.6. The first kappa shape index (κ1) is 24.9. The number of hydrogen-bond acceptors (Lipinski definition) is 6. The van der Waals surface area contributed by atoms with Crippen molar-refractivity contribution < 1.29 is 22.6 Å². The third-order valence-electron chi connectivity index (χ3n) is 6.12. The molecule has 9 heteroatoms. The molecule has 1 aliphatic heterocycles. The number of halogens is 3. The van der Waals surface area contributed by atoms with Crippen molar-refractivity contribution in [1.82, 2.24) is 15.5 Å². The average molecular weight is 487 g/mol. The number of benzene rings is 2. The van der Waals surface area contributed by atoms with Gasteiger partial charge in [-0.05, 0) is 55.6 Å². The van der Waals surface area contributed by atoms with E-state index in [1.807, 2.05) is 37.3 Å². The number of hydrogen-bond donors (Lipinski definition) is 2. The van der Waals surface area contributed by atoms with Crippen LogP contribution in [0.25, 0.3) is 11.3 Å². The van der Waals surface area contributed by atoms with Gasteiger partial charge >= 0.3 is 6.18 Å². The molecule has 186 valence electrons. The molecule has 1 atom stereocenters. The molecule has 0 radical (unpaired) electrons. The molecule has 0 spiro atoms. The second kappa shape index (κ2) is 11.0. The maximum Gasteiger partial charge on any atom is 0.416 e. The van der Waals surface area contributed by atoms with Crippen LogP contribution in [-0.4, -0.2) is 36.4 Å². The van der Waals surface area contributed by atoms with E-state index >= 15 is 0 Å². The normalized spacial score (nSPS) is 16.2. The van der Waals surface area contributed by atoms with Gasteiger partial charge in [-0.15, -0.1) is 10.2 Å². The Bertz CT molecular complexity index is 1130. The van der Waals surface area contributed by atoms with Gasteiger partial charge in [0.05, 0.1) is 25.9 Å². The van der Waals surface area contributed by atoms with E-state index in [1.165, 1.54) is 13.2 Å². The largest absolute Gasteiger partial charge is 0.496 e. The molecule has 0 bridgehead atoms. The molecule has 35 heavy (non-hydrogen) atoms. The van der Waals surface area contributed by atoms with Crippen LogP contribution >= 0.6 is 0 Å². The molecule has 1 aromatic heterocycles. The molecule has 3 aromatic rings. The highest BCUT2D eigenvalue weighted by molar-refractivity contribution is 5.72. The van der Waals surface area contributed by atoms with Crippen LogP contribution in [0.3, 0.4) is 0 Å². The Morgan fingerprint density at radius 2 is 1.89 bits per heavy atom. The van der Waals surface area contributed by atoms with E-state index in [-0.39, 0.29) is 18.4 Å². The predicted molar refractivity (Wildman–Crippen MR) is 128 cm³/mol. The lowest BCUT2D eigenvalue weighted by Gasteiger charge is -2.26.